The first-order valence-corrected chi connectivity index (χ1v) is 8.02. The maximum Gasteiger partial charge on any atom is 0.279 e. The van der Waals surface area contributed by atoms with Crippen molar-refractivity contribution < 1.29 is 8.42 Å². The van der Waals surface area contributed by atoms with Crippen LogP contribution in [0.2, 0.25) is 0 Å². The second-order valence-electron chi connectivity index (χ2n) is 4.55. The molecule has 0 bridgehead atoms. The maximum atomic E-state index is 12.1. The first-order valence-electron chi connectivity index (χ1n) is 6.58. The number of nitrogens with one attached hydrogen (secondary N) is 2. The van der Waals surface area contributed by atoms with Gasteiger partial charge in [0, 0.05) is 25.7 Å². The Morgan fingerprint density at radius 3 is 2.41 bits per heavy atom. The minimum absolute atomic E-state index is 0.301. The fourth-order valence-corrected chi connectivity index (χ4v) is 3.52. The maximum absolute atomic E-state index is 12.1. The van der Waals surface area contributed by atoms with Crippen molar-refractivity contribution in [3.63, 3.8) is 0 Å². The SMILES string of the molecule is CCCN(CCC)S(=O)(=O)NCC1CCCN1. The third-order valence-electron chi connectivity index (χ3n) is 2.96. The predicted octanol–water partition coefficient (Wildman–Crippen LogP) is 0.695. The Hall–Kier alpha value is -0.170. The van der Waals surface area contributed by atoms with Crippen LogP contribution >= 0.6 is 0 Å². The highest BCUT2D eigenvalue weighted by Crippen LogP contribution is 2.06. The molecule has 0 aromatic rings. The highest BCUT2D eigenvalue weighted by atomic mass is 32.2. The summed E-state index contributed by atoms with van der Waals surface area (Å²) in [5.41, 5.74) is 0. The summed E-state index contributed by atoms with van der Waals surface area (Å²) >= 11 is 0. The molecular formula is C11H25N3O2S. The van der Waals surface area contributed by atoms with E-state index in [0.29, 0.717) is 25.7 Å². The Morgan fingerprint density at radius 2 is 1.94 bits per heavy atom. The summed E-state index contributed by atoms with van der Waals surface area (Å²) in [4.78, 5) is 0. The van der Waals surface area contributed by atoms with Crippen LogP contribution in [0.15, 0.2) is 0 Å². The molecule has 1 fully saturated rings. The molecule has 17 heavy (non-hydrogen) atoms. The van der Waals surface area contributed by atoms with Crippen molar-refractivity contribution in [3.05, 3.63) is 0 Å². The van der Waals surface area contributed by atoms with E-state index in [2.05, 4.69) is 10.0 Å². The molecule has 1 unspecified atom stereocenters. The fraction of sp³-hybridized carbons (Fsp3) is 1.00. The van der Waals surface area contributed by atoms with Gasteiger partial charge in [0.15, 0.2) is 0 Å². The van der Waals surface area contributed by atoms with Gasteiger partial charge in [0.1, 0.15) is 0 Å². The lowest BCUT2D eigenvalue weighted by Crippen LogP contribution is -2.45. The number of rotatable bonds is 8. The predicted molar refractivity (Wildman–Crippen MR) is 70.1 cm³/mol. The highest BCUT2D eigenvalue weighted by Gasteiger charge is 2.22. The highest BCUT2D eigenvalue weighted by molar-refractivity contribution is 7.87. The molecule has 0 amide bonds. The van der Waals surface area contributed by atoms with Crippen molar-refractivity contribution in [2.75, 3.05) is 26.2 Å². The number of nitrogens with zero attached hydrogens (tertiary/aromatic N) is 1. The summed E-state index contributed by atoms with van der Waals surface area (Å²) in [7, 11) is -3.29. The summed E-state index contributed by atoms with van der Waals surface area (Å²) in [6, 6.07) is 0.301. The van der Waals surface area contributed by atoms with E-state index in [1.807, 2.05) is 13.8 Å². The Labute approximate surface area is 105 Å². The van der Waals surface area contributed by atoms with Crippen LogP contribution in [0.25, 0.3) is 0 Å². The minimum atomic E-state index is -3.29. The van der Waals surface area contributed by atoms with Gasteiger partial charge in [-0.25, -0.2) is 4.72 Å². The molecule has 1 aliphatic rings. The molecule has 0 radical (unpaired) electrons. The Balaban J connectivity index is 2.45. The Kier molecular flexibility index (Phi) is 6.40. The third kappa shape index (κ3) is 4.91. The van der Waals surface area contributed by atoms with Gasteiger partial charge in [0.25, 0.3) is 10.2 Å². The van der Waals surface area contributed by atoms with E-state index >= 15 is 0 Å². The van der Waals surface area contributed by atoms with Crippen LogP contribution in [-0.2, 0) is 10.2 Å². The average Bonchev–Trinajstić information content (AvgIpc) is 2.79. The van der Waals surface area contributed by atoms with Gasteiger partial charge in [0.05, 0.1) is 0 Å². The van der Waals surface area contributed by atoms with Crippen LogP contribution in [0, 0.1) is 0 Å². The molecule has 0 aromatic heterocycles. The molecule has 1 saturated heterocycles. The van der Waals surface area contributed by atoms with E-state index < -0.39 is 10.2 Å². The van der Waals surface area contributed by atoms with Gasteiger partial charge in [0.2, 0.25) is 0 Å². The quantitative estimate of drug-likeness (QED) is 0.677. The summed E-state index contributed by atoms with van der Waals surface area (Å²) < 4.78 is 28.4. The molecule has 0 spiro atoms. The lowest BCUT2D eigenvalue weighted by molar-refractivity contribution is 0.399. The van der Waals surface area contributed by atoms with Gasteiger partial charge < -0.3 is 5.32 Å². The molecule has 1 rings (SSSR count). The molecular weight excluding hydrogens is 238 g/mol. The first kappa shape index (κ1) is 14.9. The van der Waals surface area contributed by atoms with E-state index in [1.54, 1.807) is 4.31 Å². The van der Waals surface area contributed by atoms with E-state index in [4.69, 9.17) is 0 Å². The topological polar surface area (TPSA) is 61.4 Å². The van der Waals surface area contributed by atoms with Crippen LogP contribution in [-0.4, -0.2) is 44.9 Å². The summed E-state index contributed by atoms with van der Waals surface area (Å²) in [5.74, 6) is 0. The lowest BCUT2D eigenvalue weighted by Gasteiger charge is -2.22. The van der Waals surface area contributed by atoms with E-state index in [9.17, 15) is 8.42 Å². The molecule has 2 N–H and O–H groups in total. The van der Waals surface area contributed by atoms with Gasteiger partial charge in [-0.05, 0) is 32.2 Å². The van der Waals surface area contributed by atoms with Crippen LogP contribution in [0.5, 0.6) is 0 Å². The zero-order valence-corrected chi connectivity index (χ0v) is 11.7. The Morgan fingerprint density at radius 1 is 1.29 bits per heavy atom. The molecule has 1 atom stereocenters. The summed E-state index contributed by atoms with van der Waals surface area (Å²) in [6.45, 7) is 6.70. The molecule has 1 heterocycles. The zero-order chi connectivity index (χ0) is 12.7. The van der Waals surface area contributed by atoms with Crippen LogP contribution in [0.3, 0.4) is 0 Å². The first-order chi connectivity index (χ1) is 8.10. The smallest absolute Gasteiger partial charge is 0.279 e. The largest absolute Gasteiger partial charge is 0.313 e. The normalized spacial score (nSPS) is 21.2. The van der Waals surface area contributed by atoms with Crippen molar-refractivity contribution in [1.29, 1.82) is 0 Å². The fourth-order valence-electron chi connectivity index (χ4n) is 2.08. The van der Waals surface area contributed by atoms with Crippen molar-refractivity contribution in [1.82, 2.24) is 14.3 Å². The third-order valence-corrected chi connectivity index (χ3v) is 4.54. The molecule has 5 nitrogen and oxygen atoms in total. The van der Waals surface area contributed by atoms with E-state index in [1.165, 1.54) is 0 Å². The number of hydrogen-bond acceptors (Lipinski definition) is 3. The average molecular weight is 263 g/mol. The van der Waals surface area contributed by atoms with Gasteiger partial charge in [-0.15, -0.1) is 0 Å². The van der Waals surface area contributed by atoms with E-state index in [0.717, 1.165) is 32.2 Å². The molecule has 102 valence electrons. The van der Waals surface area contributed by atoms with Crippen LogP contribution in [0.1, 0.15) is 39.5 Å². The van der Waals surface area contributed by atoms with Gasteiger partial charge in [-0.3, -0.25) is 0 Å². The summed E-state index contributed by atoms with van der Waals surface area (Å²) in [6.07, 6.45) is 3.90. The van der Waals surface area contributed by atoms with E-state index in [-0.39, 0.29) is 0 Å². The van der Waals surface area contributed by atoms with Gasteiger partial charge >= 0.3 is 0 Å². The van der Waals surface area contributed by atoms with Crippen molar-refractivity contribution in [3.8, 4) is 0 Å². The van der Waals surface area contributed by atoms with Crippen molar-refractivity contribution in [2.45, 2.75) is 45.6 Å². The summed E-state index contributed by atoms with van der Waals surface area (Å²) in [5, 5.41) is 3.29. The standard InChI is InChI=1S/C11H25N3O2S/c1-3-8-14(9-4-2)17(15,16)13-10-11-6-5-7-12-11/h11-13H,3-10H2,1-2H3. The molecule has 1 aliphatic heterocycles. The molecule has 0 saturated carbocycles. The van der Waals surface area contributed by atoms with Gasteiger partial charge in [-0.2, -0.15) is 12.7 Å². The minimum Gasteiger partial charge on any atom is -0.313 e. The van der Waals surface area contributed by atoms with Crippen molar-refractivity contribution >= 4 is 10.2 Å². The van der Waals surface area contributed by atoms with Crippen LogP contribution in [0.4, 0.5) is 0 Å². The second kappa shape index (κ2) is 7.31. The molecule has 6 heteroatoms. The van der Waals surface area contributed by atoms with Gasteiger partial charge in [-0.1, -0.05) is 13.8 Å². The number of hydrogen-bond donors (Lipinski definition) is 2. The second-order valence-corrected chi connectivity index (χ2v) is 6.30. The molecule has 0 aromatic carbocycles. The zero-order valence-electron chi connectivity index (χ0n) is 10.9. The van der Waals surface area contributed by atoms with Crippen LogP contribution < -0.4 is 10.0 Å². The monoisotopic (exact) mass is 263 g/mol. The lowest BCUT2D eigenvalue weighted by atomic mass is 10.2. The Bertz CT molecular complexity index is 294. The molecule has 0 aliphatic carbocycles. The van der Waals surface area contributed by atoms with Crippen molar-refractivity contribution in [2.24, 2.45) is 0 Å².